The summed E-state index contributed by atoms with van der Waals surface area (Å²) in [5, 5.41) is 0.537. The van der Waals surface area contributed by atoms with Crippen LogP contribution in [0.4, 0.5) is 0 Å². The van der Waals surface area contributed by atoms with E-state index in [1.807, 2.05) is 0 Å². The smallest absolute Gasteiger partial charge is 0.243 e. The van der Waals surface area contributed by atoms with Gasteiger partial charge in [0.1, 0.15) is 6.61 Å². The molecule has 2 aromatic carbocycles. The lowest BCUT2D eigenvalue weighted by Gasteiger charge is -2.31. The van der Waals surface area contributed by atoms with Gasteiger partial charge in [-0.05, 0) is 67.1 Å². The van der Waals surface area contributed by atoms with Crippen LogP contribution in [-0.4, -0.2) is 44.9 Å². The van der Waals surface area contributed by atoms with Crippen LogP contribution in [0.5, 0.6) is 0 Å². The highest BCUT2D eigenvalue weighted by Crippen LogP contribution is 2.27. The number of halogens is 1. The van der Waals surface area contributed by atoms with E-state index >= 15 is 0 Å². The number of ether oxygens (including phenoxy) is 1. The summed E-state index contributed by atoms with van der Waals surface area (Å²) in [6.07, 6.45) is 2.69. The van der Waals surface area contributed by atoms with Crippen molar-refractivity contribution >= 4 is 27.5 Å². The van der Waals surface area contributed by atoms with E-state index in [2.05, 4.69) is 29.3 Å². The van der Waals surface area contributed by atoms with Crippen LogP contribution in [0.15, 0.2) is 58.4 Å². The Labute approximate surface area is 171 Å². The molecule has 0 spiro atoms. The molecule has 0 saturated carbocycles. The molecule has 1 fully saturated rings. The van der Waals surface area contributed by atoms with Crippen LogP contribution in [0.25, 0.3) is 0 Å². The number of sulfonamides is 1. The number of aliphatic imine (C=N–C) groups is 1. The number of nitrogens with zero attached hydrogens (tertiary/aromatic N) is 2. The fourth-order valence-electron chi connectivity index (χ4n) is 3.74. The summed E-state index contributed by atoms with van der Waals surface area (Å²) in [4.78, 5) is 4.65. The predicted molar refractivity (Wildman–Crippen MR) is 110 cm³/mol. The van der Waals surface area contributed by atoms with E-state index in [1.54, 1.807) is 28.6 Å². The van der Waals surface area contributed by atoms with Gasteiger partial charge < -0.3 is 4.74 Å². The SMILES string of the molecule is O=S(=O)(c1ccc(Cl)cc1)N1CCC(Cc2ccc(C3=NCCO3)cc2)CC1. The van der Waals surface area contributed by atoms with Gasteiger partial charge in [0.05, 0.1) is 11.4 Å². The summed E-state index contributed by atoms with van der Waals surface area (Å²) in [5.74, 6) is 1.22. The average Bonchev–Trinajstić information content (AvgIpc) is 3.24. The van der Waals surface area contributed by atoms with Crippen molar-refractivity contribution in [2.75, 3.05) is 26.2 Å². The minimum atomic E-state index is -3.44. The summed E-state index contributed by atoms with van der Waals surface area (Å²) < 4.78 is 32.7. The normalized spacial score (nSPS) is 18.7. The maximum atomic E-state index is 12.8. The van der Waals surface area contributed by atoms with Gasteiger partial charge in [0.25, 0.3) is 0 Å². The summed E-state index contributed by atoms with van der Waals surface area (Å²) in [5.41, 5.74) is 2.28. The lowest BCUT2D eigenvalue weighted by molar-refractivity contribution is 0.273. The molecule has 28 heavy (non-hydrogen) atoms. The fourth-order valence-corrected chi connectivity index (χ4v) is 5.33. The van der Waals surface area contributed by atoms with Gasteiger partial charge in [0.2, 0.25) is 15.9 Å². The van der Waals surface area contributed by atoms with Gasteiger partial charge >= 0.3 is 0 Å². The summed E-state index contributed by atoms with van der Waals surface area (Å²) in [7, 11) is -3.44. The van der Waals surface area contributed by atoms with Crippen molar-refractivity contribution in [3.8, 4) is 0 Å². The number of piperidine rings is 1. The molecule has 0 aromatic heterocycles. The van der Waals surface area contributed by atoms with E-state index in [1.165, 1.54) is 5.56 Å². The molecule has 2 aliphatic heterocycles. The minimum Gasteiger partial charge on any atom is -0.476 e. The second-order valence-electron chi connectivity index (χ2n) is 7.24. The third-order valence-electron chi connectivity index (χ3n) is 5.34. The van der Waals surface area contributed by atoms with Crippen LogP contribution in [0.2, 0.25) is 5.02 Å². The van der Waals surface area contributed by atoms with Gasteiger partial charge in [-0.2, -0.15) is 4.31 Å². The molecule has 0 amide bonds. The Morgan fingerprint density at radius 3 is 2.32 bits per heavy atom. The highest BCUT2D eigenvalue weighted by Gasteiger charge is 2.29. The molecule has 5 nitrogen and oxygen atoms in total. The van der Waals surface area contributed by atoms with E-state index in [9.17, 15) is 8.42 Å². The van der Waals surface area contributed by atoms with Gasteiger partial charge in [0, 0.05) is 23.7 Å². The maximum absolute atomic E-state index is 12.8. The van der Waals surface area contributed by atoms with Gasteiger partial charge in [0.15, 0.2) is 0 Å². The molecule has 0 atom stereocenters. The third-order valence-corrected chi connectivity index (χ3v) is 7.50. The van der Waals surface area contributed by atoms with Gasteiger partial charge in [-0.25, -0.2) is 13.4 Å². The lowest BCUT2D eigenvalue weighted by atomic mass is 9.91. The maximum Gasteiger partial charge on any atom is 0.243 e. The Balaban J connectivity index is 1.34. The van der Waals surface area contributed by atoms with Crippen molar-refractivity contribution in [2.45, 2.75) is 24.2 Å². The van der Waals surface area contributed by atoms with Crippen molar-refractivity contribution in [1.29, 1.82) is 0 Å². The van der Waals surface area contributed by atoms with Gasteiger partial charge in [-0.1, -0.05) is 23.7 Å². The molecule has 2 aromatic rings. The van der Waals surface area contributed by atoms with Crippen molar-refractivity contribution in [3.05, 3.63) is 64.7 Å². The number of rotatable bonds is 5. The highest BCUT2D eigenvalue weighted by molar-refractivity contribution is 7.89. The molecule has 0 aliphatic carbocycles. The van der Waals surface area contributed by atoms with Crippen molar-refractivity contribution in [3.63, 3.8) is 0 Å². The Morgan fingerprint density at radius 1 is 1.04 bits per heavy atom. The first-order valence-electron chi connectivity index (χ1n) is 9.55. The summed E-state index contributed by atoms with van der Waals surface area (Å²) >= 11 is 5.87. The Kier molecular flexibility index (Phi) is 5.71. The van der Waals surface area contributed by atoms with E-state index in [0.29, 0.717) is 35.5 Å². The second-order valence-corrected chi connectivity index (χ2v) is 9.61. The molecule has 0 N–H and O–H groups in total. The molecular formula is C21H23ClN2O3S. The number of hydrogen-bond donors (Lipinski definition) is 0. The van der Waals surface area contributed by atoms with Crippen LogP contribution in [0.3, 0.4) is 0 Å². The zero-order valence-corrected chi connectivity index (χ0v) is 17.1. The lowest BCUT2D eigenvalue weighted by Crippen LogP contribution is -2.38. The van der Waals surface area contributed by atoms with Crippen LogP contribution in [0.1, 0.15) is 24.0 Å². The van der Waals surface area contributed by atoms with Gasteiger partial charge in [-0.3, -0.25) is 0 Å². The minimum absolute atomic E-state index is 0.308. The highest BCUT2D eigenvalue weighted by atomic mass is 35.5. The molecule has 0 unspecified atom stereocenters. The average molecular weight is 419 g/mol. The largest absolute Gasteiger partial charge is 0.476 e. The van der Waals surface area contributed by atoms with Crippen molar-refractivity contribution < 1.29 is 13.2 Å². The topological polar surface area (TPSA) is 59.0 Å². The molecular weight excluding hydrogens is 396 g/mol. The second kappa shape index (κ2) is 8.23. The zero-order valence-electron chi connectivity index (χ0n) is 15.6. The van der Waals surface area contributed by atoms with Gasteiger partial charge in [-0.15, -0.1) is 0 Å². The van der Waals surface area contributed by atoms with E-state index in [-0.39, 0.29) is 0 Å². The predicted octanol–water partition coefficient (Wildman–Crippen LogP) is 3.76. The third kappa shape index (κ3) is 4.24. The Bertz CT molecular complexity index is 948. The molecule has 2 aliphatic rings. The van der Waals surface area contributed by atoms with E-state index in [4.69, 9.17) is 16.3 Å². The van der Waals surface area contributed by atoms with E-state index in [0.717, 1.165) is 37.3 Å². The first-order valence-corrected chi connectivity index (χ1v) is 11.4. The summed E-state index contributed by atoms with van der Waals surface area (Å²) in [6, 6.07) is 14.7. The molecule has 148 valence electrons. The molecule has 1 saturated heterocycles. The quantitative estimate of drug-likeness (QED) is 0.742. The molecule has 0 radical (unpaired) electrons. The number of hydrogen-bond acceptors (Lipinski definition) is 4. The first kappa shape index (κ1) is 19.4. The van der Waals surface area contributed by atoms with Crippen LogP contribution in [0, 0.1) is 5.92 Å². The molecule has 2 heterocycles. The molecule has 0 bridgehead atoms. The van der Waals surface area contributed by atoms with Crippen molar-refractivity contribution in [2.24, 2.45) is 10.9 Å². The standard InChI is InChI=1S/C21H23ClN2O3S/c22-19-5-7-20(8-6-19)28(25,26)24-12-9-17(10-13-24)15-16-1-3-18(4-2-16)21-23-11-14-27-21/h1-8,17H,9-15H2. The van der Waals surface area contributed by atoms with Crippen LogP contribution in [-0.2, 0) is 21.2 Å². The summed E-state index contributed by atoms with van der Waals surface area (Å²) in [6.45, 7) is 2.50. The van der Waals surface area contributed by atoms with Crippen LogP contribution < -0.4 is 0 Å². The number of benzene rings is 2. The molecule has 7 heteroatoms. The first-order chi connectivity index (χ1) is 13.5. The van der Waals surface area contributed by atoms with E-state index < -0.39 is 10.0 Å². The zero-order chi connectivity index (χ0) is 19.6. The van der Waals surface area contributed by atoms with Crippen molar-refractivity contribution in [1.82, 2.24) is 4.31 Å². The Morgan fingerprint density at radius 2 is 1.71 bits per heavy atom. The monoisotopic (exact) mass is 418 g/mol. The molecule has 4 rings (SSSR count). The Hall–Kier alpha value is -1.89. The van der Waals surface area contributed by atoms with Crippen LogP contribution >= 0.6 is 11.6 Å². The fraction of sp³-hybridized carbons (Fsp3) is 0.381.